The van der Waals surface area contributed by atoms with Crippen LogP contribution in [0.1, 0.15) is 136 Å². The molecule has 0 heterocycles. The molecule has 0 aromatic rings. The molecule has 1 amide bonds. The Kier molecular flexibility index (Phi) is 33.8. The summed E-state index contributed by atoms with van der Waals surface area (Å²) in [5, 5.41) is 13.7. The van der Waals surface area contributed by atoms with Gasteiger partial charge in [-0.2, -0.15) is 0 Å². The predicted octanol–water partition coefficient (Wildman–Crippen LogP) is 10.4. The number of allylic oxidation sites excluding steroid dienone is 13. The number of carbonyl (C=O) groups is 1. The van der Waals surface area contributed by atoms with E-state index in [9.17, 15) is 19.4 Å². The molecule has 0 aliphatic carbocycles. The van der Waals surface area contributed by atoms with Gasteiger partial charge in [-0.05, 0) is 77.0 Å². The largest absolute Gasteiger partial charge is 0.756 e. The summed E-state index contributed by atoms with van der Waals surface area (Å²) in [5.41, 5.74) is 0. The quantitative estimate of drug-likeness (QED) is 0.0288. The van der Waals surface area contributed by atoms with Crippen molar-refractivity contribution in [2.45, 2.75) is 148 Å². The van der Waals surface area contributed by atoms with E-state index in [-0.39, 0.29) is 12.5 Å². The first kappa shape index (κ1) is 50.7. The third kappa shape index (κ3) is 37.8. The predicted molar refractivity (Wildman–Crippen MR) is 223 cm³/mol. The summed E-state index contributed by atoms with van der Waals surface area (Å²) in [6.45, 7) is 4.42. The number of aliphatic hydroxyl groups is 1. The van der Waals surface area contributed by atoms with E-state index >= 15 is 0 Å². The molecule has 0 radical (unpaired) electrons. The Labute approximate surface area is 325 Å². The standard InChI is InChI=1S/C44H77N2O6P/c1-6-8-10-12-14-16-18-19-20-21-22-23-24-25-26-27-28-30-32-34-36-38-44(48)45-42(41-52-53(49,50)51-40-39-46(3,4)5)43(47)37-35-33-31-29-17-15-13-11-9-7-2/h8,10,14,16-17,19-20,22-23,25-26,29,35,37,42-43,47H,6-7,9,11-13,15,18,21,24,27-28,30-34,36,38-41H2,1-5H3,(H-,45,48,49,50)/b10-8-,16-14-,20-19-,23-22-,26-25-,29-17+,37-35+. The van der Waals surface area contributed by atoms with E-state index in [1.807, 2.05) is 27.2 Å². The molecule has 3 unspecified atom stereocenters. The van der Waals surface area contributed by atoms with Crippen molar-refractivity contribution in [3.05, 3.63) is 85.1 Å². The van der Waals surface area contributed by atoms with Crippen LogP contribution < -0.4 is 10.2 Å². The second kappa shape index (κ2) is 35.4. The Balaban J connectivity index is 4.48. The lowest BCUT2D eigenvalue weighted by Gasteiger charge is -2.29. The zero-order chi connectivity index (χ0) is 39.3. The van der Waals surface area contributed by atoms with E-state index in [0.29, 0.717) is 17.4 Å². The van der Waals surface area contributed by atoms with Crippen molar-refractivity contribution < 1.29 is 32.9 Å². The summed E-state index contributed by atoms with van der Waals surface area (Å²) < 4.78 is 23.1. The summed E-state index contributed by atoms with van der Waals surface area (Å²) in [7, 11) is 1.21. The van der Waals surface area contributed by atoms with Gasteiger partial charge in [0.1, 0.15) is 13.2 Å². The van der Waals surface area contributed by atoms with Crippen LogP contribution in [0.25, 0.3) is 0 Å². The molecular weight excluding hydrogens is 683 g/mol. The van der Waals surface area contributed by atoms with E-state index in [1.54, 1.807) is 6.08 Å². The van der Waals surface area contributed by atoms with Crippen LogP contribution in [0.2, 0.25) is 0 Å². The zero-order valence-corrected chi connectivity index (χ0v) is 35.1. The van der Waals surface area contributed by atoms with Crippen LogP contribution in [0.5, 0.6) is 0 Å². The molecule has 0 aromatic heterocycles. The number of hydrogen-bond donors (Lipinski definition) is 2. The molecule has 9 heteroatoms. The number of phosphoric ester groups is 1. The van der Waals surface area contributed by atoms with Gasteiger partial charge in [0, 0.05) is 6.42 Å². The van der Waals surface area contributed by atoms with Crippen molar-refractivity contribution >= 4 is 13.7 Å². The van der Waals surface area contributed by atoms with Crippen LogP contribution in [0.3, 0.4) is 0 Å². The smallest absolute Gasteiger partial charge is 0.268 e. The Hall–Kier alpha value is -2.32. The van der Waals surface area contributed by atoms with Crippen LogP contribution in [0, 0.1) is 0 Å². The molecule has 0 aliphatic heterocycles. The first-order valence-corrected chi connectivity index (χ1v) is 21.9. The maximum absolute atomic E-state index is 12.8. The summed E-state index contributed by atoms with van der Waals surface area (Å²) >= 11 is 0. The fraction of sp³-hybridized carbons (Fsp3) is 0.659. The average Bonchev–Trinajstić information content (AvgIpc) is 3.10. The molecule has 0 fully saturated rings. The van der Waals surface area contributed by atoms with E-state index in [2.05, 4.69) is 92.1 Å². The van der Waals surface area contributed by atoms with E-state index < -0.39 is 26.6 Å². The minimum atomic E-state index is -4.60. The van der Waals surface area contributed by atoms with Gasteiger partial charge < -0.3 is 28.8 Å². The SMILES string of the molecule is CC/C=C\C/C=C\C/C=C\C/C=C\C/C=C\CCCCCCCC(=O)NC(COP(=O)([O-])OCC[N+](C)(C)C)C(O)/C=C/CC/C=C/CCCCCC. The number of phosphoric acid groups is 1. The second-order valence-corrected chi connectivity index (χ2v) is 16.0. The average molecular weight is 761 g/mol. The summed E-state index contributed by atoms with van der Waals surface area (Å²) in [6, 6.07) is -0.916. The molecule has 53 heavy (non-hydrogen) atoms. The number of aliphatic hydroxyl groups excluding tert-OH is 1. The molecule has 0 saturated carbocycles. The lowest BCUT2D eigenvalue weighted by Crippen LogP contribution is -2.45. The third-order valence-corrected chi connectivity index (χ3v) is 9.30. The van der Waals surface area contributed by atoms with E-state index in [4.69, 9.17) is 9.05 Å². The van der Waals surface area contributed by atoms with Crippen molar-refractivity contribution in [1.82, 2.24) is 5.32 Å². The Morgan fingerprint density at radius 2 is 1.17 bits per heavy atom. The first-order chi connectivity index (χ1) is 25.5. The molecule has 304 valence electrons. The van der Waals surface area contributed by atoms with Gasteiger partial charge in [0.15, 0.2) is 0 Å². The van der Waals surface area contributed by atoms with Crippen molar-refractivity contribution in [2.75, 3.05) is 40.9 Å². The fourth-order valence-corrected chi connectivity index (χ4v) is 5.80. The molecule has 0 rings (SSSR count). The monoisotopic (exact) mass is 761 g/mol. The van der Waals surface area contributed by atoms with Gasteiger partial charge >= 0.3 is 0 Å². The Morgan fingerprint density at radius 1 is 0.679 bits per heavy atom. The molecular formula is C44H77N2O6P. The summed E-state index contributed by atoms with van der Waals surface area (Å²) in [4.78, 5) is 25.2. The highest BCUT2D eigenvalue weighted by Crippen LogP contribution is 2.38. The number of rotatable bonds is 35. The normalized spacial score (nSPS) is 15.4. The first-order valence-electron chi connectivity index (χ1n) is 20.4. The number of likely N-dealkylation sites (N-methyl/N-ethyl adjacent to an activating group) is 1. The lowest BCUT2D eigenvalue weighted by atomic mass is 10.1. The van der Waals surface area contributed by atoms with Gasteiger partial charge in [0.2, 0.25) is 5.91 Å². The number of unbranched alkanes of at least 4 members (excludes halogenated alkanes) is 10. The van der Waals surface area contributed by atoms with E-state index in [0.717, 1.165) is 89.9 Å². The zero-order valence-electron chi connectivity index (χ0n) is 34.2. The van der Waals surface area contributed by atoms with Crippen molar-refractivity contribution in [1.29, 1.82) is 0 Å². The van der Waals surface area contributed by atoms with Gasteiger partial charge in [-0.25, -0.2) is 0 Å². The molecule has 0 bridgehead atoms. The highest BCUT2D eigenvalue weighted by molar-refractivity contribution is 7.45. The number of carbonyl (C=O) groups excluding carboxylic acids is 1. The number of amides is 1. The molecule has 0 spiro atoms. The number of quaternary nitrogens is 1. The third-order valence-electron chi connectivity index (χ3n) is 8.34. The Bertz CT molecular complexity index is 1140. The van der Waals surface area contributed by atoms with Crippen molar-refractivity contribution in [3.8, 4) is 0 Å². The summed E-state index contributed by atoms with van der Waals surface area (Å²) in [5.74, 6) is -0.234. The van der Waals surface area contributed by atoms with Gasteiger partial charge in [-0.1, -0.05) is 137 Å². The minimum absolute atomic E-state index is 0.0157. The van der Waals surface area contributed by atoms with Crippen molar-refractivity contribution in [3.63, 3.8) is 0 Å². The van der Waals surface area contributed by atoms with Gasteiger partial charge in [-0.15, -0.1) is 0 Å². The van der Waals surface area contributed by atoms with Crippen LogP contribution in [-0.2, 0) is 18.4 Å². The molecule has 0 saturated heterocycles. The number of nitrogens with zero attached hydrogens (tertiary/aromatic N) is 1. The van der Waals surface area contributed by atoms with E-state index in [1.165, 1.54) is 25.7 Å². The molecule has 2 N–H and O–H groups in total. The molecule has 3 atom stereocenters. The van der Waals surface area contributed by atoms with Gasteiger partial charge in [0.25, 0.3) is 7.82 Å². The van der Waals surface area contributed by atoms with Gasteiger partial charge in [0.05, 0.1) is 39.9 Å². The Morgan fingerprint density at radius 3 is 1.75 bits per heavy atom. The maximum Gasteiger partial charge on any atom is 0.268 e. The van der Waals surface area contributed by atoms with Gasteiger partial charge in [-0.3, -0.25) is 9.36 Å². The van der Waals surface area contributed by atoms with Crippen LogP contribution in [0.15, 0.2) is 85.1 Å². The number of nitrogens with one attached hydrogen (secondary N) is 1. The fourth-order valence-electron chi connectivity index (χ4n) is 5.07. The van der Waals surface area contributed by atoms with Crippen LogP contribution in [-0.4, -0.2) is 68.5 Å². The maximum atomic E-state index is 12.8. The van der Waals surface area contributed by atoms with Crippen molar-refractivity contribution in [2.24, 2.45) is 0 Å². The highest BCUT2D eigenvalue weighted by atomic mass is 31.2. The highest BCUT2D eigenvalue weighted by Gasteiger charge is 2.23. The molecule has 8 nitrogen and oxygen atoms in total. The molecule has 0 aromatic carbocycles. The topological polar surface area (TPSA) is 108 Å². The minimum Gasteiger partial charge on any atom is -0.756 e. The number of hydrogen-bond acceptors (Lipinski definition) is 6. The van der Waals surface area contributed by atoms with Crippen LogP contribution >= 0.6 is 7.82 Å². The van der Waals surface area contributed by atoms with Crippen LogP contribution in [0.4, 0.5) is 0 Å². The molecule has 0 aliphatic rings. The lowest BCUT2D eigenvalue weighted by molar-refractivity contribution is -0.870. The summed E-state index contributed by atoms with van der Waals surface area (Å²) in [6.07, 6.45) is 47.8. The second-order valence-electron chi connectivity index (χ2n) is 14.6.